The van der Waals surface area contributed by atoms with Gasteiger partial charge in [-0.25, -0.2) is 9.37 Å². The van der Waals surface area contributed by atoms with E-state index in [4.69, 9.17) is 11.6 Å². The highest BCUT2D eigenvalue weighted by atomic mass is 35.5. The quantitative estimate of drug-likeness (QED) is 0.843. The first kappa shape index (κ1) is 9.98. The van der Waals surface area contributed by atoms with E-state index in [0.717, 1.165) is 5.82 Å². The van der Waals surface area contributed by atoms with Crippen molar-refractivity contribution in [2.75, 3.05) is 5.32 Å². The van der Waals surface area contributed by atoms with Crippen LogP contribution >= 0.6 is 11.6 Å². The van der Waals surface area contributed by atoms with Crippen LogP contribution in [0.4, 0.5) is 10.1 Å². The number of nitrogens with zero attached hydrogens (tertiary/aromatic N) is 1. The summed E-state index contributed by atoms with van der Waals surface area (Å²) in [5.41, 5.74) is 0.413. The van der Waals surface area contributed by atoms with Gasteiger partial charge in [-0.05, 0) is 18.2 Å². The van der Waals surface area contributed by atoms with Gasteiger partial charge in [-0.1, -0.05) is 11.6 Å². The van der Waals surface area contributed by atoms with E-state index < -0.39 is 0 Å². The molecule has 0 aliphatic rings. The molecule has 0 aliphatic carbocycles. The molecule has 0 radical (unpaired) electrons. The topological polar surface area (TPSA) is 40.7 Å². The molecule has 78 valence electrons. The van der Waals surface area contributed by atoms with Crippen molar-refractivity contribution in [3.05, 3.63) is 47.3 Å². The smallest absolute Gasteiger partial charge is 0.147 e. The fourth-order valence-corrected chi connectivity index (χ4v) is 1.37. The van der Waals surface area contributed by atoms with Crippen LogP contribution in [0.1, 0.15) is 5.82 Å². The predicted octanol–water partition coefficient (Wildman–Crippen LogP) is 2.81. The lowest BCUT2D eigenvalue weighted by Gasteiger charge is -2.05. The molecule has 0 bridgehead atoms. The summed E-state index contributed by atoms with van der Waals surface area (Å²) in [5.74, 6) is 0.387. The number of anilines is 1. The zero-order valence-electron chi connectivity index (χ0n) is 7.80. The summed E-state index contributed by atoms with van der Waals surface area (Å²) in [4.78, 5) is 6.93. The summed E-state index contributed by atoms with van der Waals surface area (Å²) in [5, 5.41) is 3.30. The standard InChI is InChI=1S/C10H9ClFN3/c11-7-1-2-9(8(12)5-7)15-6-10-13-3-4-14-10/h1-5,15H,6H2,(H,13,14). The minimum absolute atomic E-state index is 0.367. The van der Waals surface area contributed by atoms with E-state index in [9.17, 15) is 4.39 Å². The molecule has 2 aromatic rings. The third kappa shape index (κ3) is 2.47. The van der Waals surface area contributed by atoms with Gasteiger partial charge in [-0.2, -0.15) is 0 Å². The first-order valence-electron chi connectivity index (χ1n) is 4.43. The first-order valence-corrected chi connectivity index (χ1v) is 4.80. The summed E-state index contributed by atoms with van der Waals surface area (Å²) < 4.78 is 13.3. The number of rotatable bonds is 3. The molecule has 15 heavy (non-hydrogen) atoms. The molecule has 5 heteroatoms. The molecule has 0 unspecified atom stereocenters. The largest absolute Gasteiger partial charge is 0.375 e. The molecule has 0 amide bonds. The number of nitrogens with one attached hydrogen (secondary N) is 2. The number of halogens is 2. The second-order valence-corrected chi connectivity index (χ2v) is 3.45. The zero-order chi connectivity index (χ0) is 10.7. The van der Waals surface area contributed by atoms with Crippen molar-refractivity contribution in [3.63, 3.8) is 0 Å². The highest BCUT2D eigenvalue weighted by molar-refractivity contribution is 6.30. The molecule has 3 nitrogen and oxygen atoms in total. The Hall–Kier alpha value is -1.55. The molecule has 2 rings (SSSR count). The zero-order valence-corrected chi connectivity index (χ0v) is 8.55. The summed E-state index contributed by atoms with van der Waals surface area (Å²) in [6.45, 7) is 0.450. The van der Waals surface area contributed by atoms with E-state index in [1.807, 2.05) is 0 Å². The number of hydrogen-bond acceptors (Lipinski definition) is 2. The van der Waals surface area contributed by atoms with Crippen molar-refractivity contribution in [2.24, 2.45) is 0 Å². The summed E-state index contributed by atoms with van der Waals surface area (Å²) in [7, 11) is 0. The molecule has 0 atom stereocenters. The minimum atomic E-state index is -0.367. The van der Waals surface area contributed by atoms with Crippen molar-refractivity contribution in [1.29, 1.82) is 0 Å². The number of aromatic nitrogens is 2. The predicted molar refractivity (Wildman–Crippen MR) is 57.3 cm³/mol. The summed E-state index contributed by atoms with van der Waals surface area (Å²) in [6.07, 6.45) is 3.37. The summed E-state index contributed by atoms with van der Waals surface area (Å²) >= 11 is 5.63. The second-order valence-electron chi connectivity index (χ2n) is 3.01. The lowest BCUT2D eigenvalue weighted by molar-refractivity contribution is 0.630. The van der Waals surface area contributed by atoms with Crippen LogP contribution in [0, 0.1) is 5.82 Å². The Morgan fingerprint density at radius 2 is 2.33 bits per heavy atom. The lowest BCUT2D eigenvalue weighted by Crippen LogP contribution is -2.02. The molecule has 1 aromatic carbocycles. The maximum atomic E-state index is 13.3. The van der Waals surface area contributed by atoms with Gasteiger partial charge in [0.05, 0.1) is 12.2 Å². The van der Waals surface area contributed by atoms with Gasteiger partial charge < -0.3 is 10.3 Å². The monoisotopic (exact) mass is 225 g/mol. The van der Waals surface area contributed by atoms with E-state index in [1.54, 1.807) is 24.5 Å². The Kier molecular flexibility index (Phi) is 2.87. The van der Waals surface area contributed by atoms with E-state index in [0.29, 0.717) is 17.3 Å². The second kappa shape index (κ2) is 4.31. The SMILES string of the molecule is Fc1cc(Cl)ccc1NCc1ncc[nH]1. The van der Waals surface area contributed by atoms with Crippen molar-refractivity contribution in [2.45, 2.75) is 6.54 Å². The maximum Gasteiger partial charge on any atom is 0.147 e. The van der Waals surface area contributed by atoms with Crippen LogP contribution < -0.4 is 5.32 Å². The molecule has 0 saturated carbocycles. The number of hydrogen-bond donors (Lipinski definition) is 2. The Morgan fingerprint density at radius 1 is 1.47 bits per heavy atom. The molecular weight excluding hydrogens is 217 g/mol. The normalized spacial score (nSPS) is 10.3. The molecule has 0 aliphatic heterocycles. The van der Waals surface area contributed by atoms with Crippen LogP contribution in [0.3, 0.4) is 0 Å². The summed E-state index contributed by atoms with van der Waals surface area (Å²) in [6, 6.07) is 4.50. The van der Waals surface area contributed by atoms with Gasteiger partial charge in [0.1, 0.15) is 11.6 Å². The van der Waals surface area contributed by atoms with E-state index in [2.05, 4.69) is 15.3 Å². The Labute approximate surface area is 91.3 Å². The number of imidazole rings is 1. The van der Waals surface area contributed by atoms with Crippen molar-refractivity contribution in [3.8, 4) is 0 Å². The average Bonchev–Trinajstić information content (AvgIpc) is 2.69. The van der Waals surface area contributed by atoms with Gasteiger partial charge in [0, 0.05) is 17.4 Å². The van der Waals surface area contributed by atoms with E-state index in [1.165, 1.54) is 6.07 Å². The molecule has 2 N–H and O–H groups in total. The van der Waals surface area contributed by atoms with Crippen LogP contribution in [-0.2, 0) is 6.54 Å². The van der Waals surface area contributed by atoms with Crippen molar-refractivity contribution >= 4 is 17.3 Å². The Balaban J connectivity index is 2.05. The Bertz CT molecular complexity index is 442. The first-order chi connectivity index (χ1) is 7.25. The molecule has 1 aromatic heterocycles. The van der Waals surface area contributed by atoms with E-state index >= 15 is 0 Å². The van der Waals surface area contributed by atoms with Gasteiger partial charge in [-0.3, -0.25) is 0 Å². The fraction of sp³-hybridized carbons (Fsp3) is 0.100. The van der Waals surface area contributed by atoms with Gasteiger partial charge in [0.15, 0.2) is 0 Å². The van der Waals surface area contributed by atoms with E-state index in [-0.39, 0.29) is 5.82 Å². The Morgan fingerprint density at radius 3 is 3.00 bits per heavy atom. The number of aromatic amines is 1. The third-order valence-corrected chi connectivity index (χ3v) is 2.17. The number of benzene rings is 1. The molecule has 0 spiro atoms. The van der Waals surface area contributed by atoms with Crippen molar-refractivity contribution in [1.82, 2.24) is 9.97 Å². The maximum absolute atomic E-state index is 13.3. The van der Waals surface area contributed by atoms with Gasteiger partial charge in [-0.15, -0.1) is 0 Å². The third-order valence-electron chi connectivity index (χ3n) is 1.93. The molecule has 0 fully saturated rings. The van der Waals surface area contributed by atoms with Gasteiger partial charge in [0.25, 0.3) is 0 Å². The van der Waals surface area contributed by atoms with Crippen LogP contribution in [0.5, 0.6) is 0 Å². The minimum Gasteiger partial charge on any atom is -0.375 e. The van der Waals surface area contributed by atoms with Crippen LogP contribution in [-0.4, -0.2) is 9.97 Å². The molecule has 0 saturated heterocycles. The van der Waals surface area contributed by atoms with Crippen molar-refractivity contribution < 1.29 is 4.39 Å². The highest BCUT2D eigenvalue weighted by Gasteiger charge is 2.02. The molecule has 1 heterocycles. The van der Waals surface area contributed by atoms with Gasteiger partial charge in [0.2, 0.25) is 0 Å². The van der Waals surface area contributed by atoms with Crippen LogP contribution in [0.2, 0.25) is 5.02 Å². The lowest BCUT2D eigenvalue weighted by atomic mass is 10.3. The fourth-order valence-electron chi connectivity index (χ4n) is 1.21. The number of H-pyrrole nitrogens is 1. The highest BCUT2D eigenvalue weighted by Crippen LogP contribution is 2.18. The van der Waals surface area contributed by atoms with Gasteiger partial charge >= 0.3 is 0 Å². The average molecular weight is 226 g/mol. The molecular formula is C10H9ClFN3. The van der Waals surface area contributed by atoms with Crippen LogP contribution in [0.25, 0.3) is 0 Å². The van der Waals surface area contributed by atoms with Crippen LogP contribution in [0.15, 0.2) is 30.6 Å².